The van der Waals surface area contributed by atoms with Crippen LogP contribution in [0.4, 0.5) is 0 Å². The molecule has 0 N–H and O–H groups in total. The highest BCUT2D eigenvalue weighted by Gasteiger charge is 2.11. The zero-order valence-corrected chi connectivity index (χ0v) is 13.8. The summed E-state index contributed by atoms with van der Waals surface area (Å²) in [5, 5.41) is 6.22. The molecule has 2 aromatic carbocycles. The molecule has 0 atom stereocenters. The summed E-state index contributed by atoms with van der Waals surface area (Å²) in [4.78, 5) is 14.4. The van der Waals surface area contributed by atoms with Gasteiger partial charge in [0.2, 0.25) is 5.78 Å². The first-order valence-corrected chi connectivity index (χ1v) is 8.05. The number of Topliss-reactive ketones (excluding diaryl/α,β-unsaturated/α-hetero) is 1. The van der Waals surface area contributed by atoms with Crippen molar-refractivity contribution in [2.24, 2.45) is 5.10 Å². The van der Waals surface area contributed by atoms with E-state index >= 15 is 0 Å². The van der Waals surface area contributed by atoms with Crippen LogP contribution in [-0.4, -0.2) is 55.1 Å². The van der Waals surface area contributed by atoms with Crippen molar-refractivity contribution in [2.45, 2.75) is 0 Å². The highest BCUT2D eigenvalue weighted by molar-refractivity contribution is 6.35. The summed E-state index contributed by atoms with van der Waals surface area (Å²) in [6.07, 6.45) is 1.40. The van der Waals surface area contributed by atoms with Gasteiger partial charge in [-0.05, 0) is 43.4 Å². The van der Waals surface area contributed by atoms with Crippen molar-refractivity contribution in [2.75, 3.05) is 33.2 Å². The molecule has 1 saturated heterocycles. The number of ketones is 1. The van der Waals surface area contributed by atoms with E-state index in [1.54, 1.807) is 24.3 Å². The molecule has 5 nitrogen and oxygen atoms in total. The molecule has 0 unspecified atom stereocenters. The number of piperazine rings is 1. The molecule has 3 rings (SSSR count). The Balaban J connectivity index is 1.57. The van der Waals surface area contributed by atoms with Gasteiger partial charge in [-0.3, -0.25) is 9.80 Å². The molecule has 5 heteroatoms. The second-order valence-electron chi connectivity index (χ2n) is 5.81. The highest BCUT2D eigenvalue weighted by Crippen LogP contribution is 2.21. The molecular formula is C19H21N3O2. The Morgan fingerprint density at radius 3 is 2.25 bits per heavy atom. The normalized spacial score (nSPS) is 15.6. The zero-order chi connectivity index (χ0) is 16.8. The Bertz CT molecular complexity index is 690. The smallest absolute Gasteiger partial charge is 0.205 e. The van der Waals surface area contributed by atoms with Crippen LogP contribution in [0, 0.1) is 0 Å². The van der Waals surface area contributed by atoms with Crippen molar-refractivity contribution in [1.82, 2.24) is 9.91 Å². The van der Waals surface area contributed by atoms with Crippen molar-refractivity contribution < 1.29 is 9.53 Å². The van der Waals surface area contributed by atoms with Crippen molar-refractivity contribution in [1.29, 1.82) is 0 Å². The van der Waals surface area contributed by atoms with Gasteiger partial charge in [-0.1, -0.05) is 18.2 Å². The number of hydrogen-bond donors (Lipinski definition) is 0. The third-order valence-corrected chi connectivity index (χ3v) is 3.94. The minimum atomic E-state index is -0.0970. The number of carbonyl (C=O) groups is 1. The lowest BCUT2D eigenvalue weighted by molar-refractivity contribution is 0.106. The van der Waals surface area contributed by atoms with E-state index in [2.05, 4.69) is 17.0 Å². The molecule has 0 amide bonds. The van der Waals surface area contributed by atoms with Crippen LogP contribution in [0.1, 0.15) is 10.4 Å². The summed E-state index contributed by atoms with van der Waals surface area (Å²) in [6, 6.07) is 16.7. The number of nitrogens with zero attached hydrogens (tertiary/aromatic N) is 3. The van der Waals surface area contributed by atoms with Crippen molar-refractivity contribution in [3.8, 4) is 11.5 Å². The summed E-state index contributed by atoms with van der Waals surface area (Å²) in [7, 11) is 2.09. The molecule has 0 saturated carbocycles. The molecule has 1 heterocycles. The topological polar surface area (TPSA) is 45.1 Å². The number of likely N-dealkylation sites (N-methyl/N-ethyl adjacent to an activating group) is 1. The van der Waals surface area contributed by atoms with Crippen LogP contribution in [0.3, 0.4) is 0 Å². The molecule has 1 aliphatic heterocycles. The zero-order valence-electron chi connectivity index (χ0n) is 13.8. The SMILES string of the molecule is CN1CCN(N=CC(=O)c2ccc(Oc3ccccc3)cc2)CC1. The Hall–Kier alpha value is -2.66. The van der Waals surface area contributed by atoms with Crippen LogP contribution in [0.5, 0.6) is 11.5 Å². The molecule has 1 fully saturated rings. The fourth-order valence-electron chi connectivity index (χ4n) is 2.43. The van der Waals surface area contributed by atoms with Crippen LogP contribution in [0.15, 0.2) is 59.7 Å². The largest absolute Gasteiger partial charge is 0.457 e. The maximum absolute atomic E-state index is 12.2. The van der Waals surface area contributed by atoms with Gasteiger partial charge < -0.3 is 9.64 Å². The summed E-state index contributed by atoms with van der Waals surface area (Å²) < 4.78 is 5.72. The lowest BCUT2D eigenvalue weighted by Gasteiger charge is -2.30. The number of hydrazone groups is 1. The molecule has 0 radical (unpaired) electrons. The Morgan fingerprint density at radius 2 is 1.58 bits per heavy atom. The van der Waals surface area contributed by atoms with Crippen LogP contribution in [0.25, 0.3) is 0 Å². The van der Waals surface area contributed by atoms with E-state index in [-0.39, 0.29) is 5.78 Å². The molecule has 0 aromatic heterocycles. The summed E-state index contributed by atoms with van der Waals surface area (Å²) in [5.74, 6) is 1.38. The van der Waals surface area contributed by atoms with E-state index in [1.807, 2.05) is 35.3 Å². The first kappa shape index (κ1) is 16.2. The Labute approximate surface area is 142 Å². The quantitative estimate of drug-likeness (QED) is 0.627. The average molecular weight is 323 g/mol. The standard InChI is InChI=1S/C19H21N3O2/c1-21-11-13-22(14-12-21)20-15-19(23)16-7-9-18(10-8-16)24-17-5-3-2-4-6-17/h2-10,15H,11-14H2,1H3. The van der Waals surface area contributed by atoms with Gasteiger partial charge in [0.1, 0.15) is 11.5 Å². The predicted molar refractivity (Wildman–Crippen MR) is 94.9 cm³/mol. The molecule has 0 bridgehead atoms. The van der Waals surface area contributed by atoms with Crippen LogP contribution in [-0.2, 0) is 0 Å². The van der Waals surface area contributed by atoms with Gasteiger partial charge in [-0.15, -0.1) is 0 Å². The van der Waals surface area contributed by atoms with E-state index in [0.29, 0.717) is 11.3 Å². The lowest BCUT2D eigenvalue weighted by atomic mass is 10.1. The van der Waals surface area contributed by atoms with Gasteiger partial charge in [0, 0.05) is 31.7 Å². The van der Waals surface area contributed by atoms with Gasteiger partial charge >= 0.3 is 0 Å². The number of rotatable bonds is 5. The molecule has 1 aliphatic rings. The van der Waals surface area contributed by atoms with Crippen LogP contribution >= 0.6 is 0 Å². The van der Waals surface area contributed by atoms with E-state index in [4.69, 9.17) is 4.74 Å². The fourth-order valence-corrected chi connectivity index (χ4v) is 2.43. The number of ether oxygens (including phenoxy) is 1. The number of para-hydroxylation sites is 1. The highest BCUT2D eigenvalue weighted by atomic mass is 16.5. The first-order chi connectivity index (χ1) is 11.7. The molecule has 0 aliphatic carbocycles. The van der Waals surface area contributed by atoms with Gasteiger partial charge in [-0.2, -0.15) is 5.10 Å². The predicted octanol–water partition coefficient (Wildman–Crippen LogP) is 2.89. The van der Waals surface area contributed by atoms with Gasteiger partial charge in [0.25, 0.3) is 0 Å². The number of hydrogen-bond acceptors (Lipinski definition) is 5. The van der Waals surface area contributed by atoms with E-state index in [0.717, 1.165) is 31.9 Å². The maximum Gasteiger partial charge on any atom is 0.205 e. The fraction of sp³-hybridized carbons (Fsp3) is 0.263. The lowest BCUT2D eigenvalue weighted by Crippen LogP contribution is -2.41. The van der Waals surface area contributed by atoms with Crippen LogP contribution in [0.2, 0.25) is 0 Å². The number of benzene rings is 2. The summed E-state index contributed by atoms with van der Waals surface area (Å²) in [6.45, 7) is 3.64. The van der Waals surface area contributed by atoms with Crippen LogP contribution < -0.4 is 4.74 Å². The molecular weight excluding hydrogens is 302 g/mol. The van der Waals surface area contributed by atoms with Crippen molar-refractivity contribution >= 4 is 12.0 Å². The summed E-state index contributed by atoms with van der Waals surface area (Å²) >= 11 is 0. The van der Waals surface area contributed by atoms with Crippen molar-refractivity contribution in [3.05, 3.63) is 60.2 Å². The van der Waals surface area contributed by atoms with E-state index < -0.39 is 0 Å². The summed E-state index contributed by atoms with van der Waals surface area (Å²) in [5.41, 5.74) is 0.605. The molecule has 124 valence electrons. The Morgan fingerprint density at radius 1 is 0.958 bits per heavy atom. The van der Waals surface area contributed by atoms with Gasteiger partial charge in [0.15, 0.2) is 0 Å². The third kappa shape index (κ3) is 4.43. The van der Waals surface area contributed by atoms with Gasteiger partial charge in [-0.25, -0.2) is 0 Å². The second-order valence-corrected chi connectivity index (χ2v) is 5.81. The first-order valence-electron chi connectivity index (χ1n) is 8.05. The van der Waals surface area contributed by atoms with E-state index in [9.17, 15) is 4.79 Å². The molecule has 2 aromatic rings. The molecule has 0 spiro atoms. The Kier molecular flexibility index (Phi) is 5.23. The van der Waals surface area contributed by atoms with E-state index in [1.165, 1.54) is 6.21 Å². The van der Waals surface area contributed by atoms with Crippen molar-refractivity contribution in [3.63, 3.8) is 0 Å². The monoisotopic (exact) mass is 323 g/mol. The third-order valence-electron chi connectivity index (χ3n) is 3.94. The minimum absolute atomic E-state index is 0.0970. The minimum Gasteiger partial charge on any atom is -0.457 e. The van der Waals surface area contributed by atoms with Gasteiger partial charge in [0.05, 0.1) is 6.21 Å². The molecule has 24 heavy (non-hydrogen) atoms. The average Bonchev–Trinajstić information content (AvgIpc) is 2.62. The number of carbonyl (C=O) groups excluding carboxylic acids is 1. The maximum atomic E-state index is 12.2. The second kappa shape index (κ2) is 7.75.